The van der Waals surface area contributed by atoms with Gasteiger partial charge in [-0.1, -0.05) is 37.6 Å². The molecule has 3 heteroatoms. The number of nitrogens with two attached hydrogens (primary N) is 1. The molecule has 0 saturated heterocycles. The van der Waals surface area contributed by atoms with E-state index < -0.39 is 0 Å². The number of hydrogen-bond acceptors (Lipinski definition) is 2. The standard InChI is InChI=1S/C15H20ClNO/c1-4-5-6-12(10-17)15(16)14-9-13(18-3)8-7-11(14)2/h7-10H,2,4-6,17H2,1,3H3/b12-10-,15-14+. The molecule has 0 unspecified atom stereocenters. The summed E-state index contributed by atoms with van der Waals surface area (Å²) in [6.45, 7) is 6.12. The highest BCUT2D eigenvalue weighted by atomic mass is 35.5. The summed E-state index contributed by atoms with van der Waals surface area (Å²) in [6.07, 6.45) is 4.63. The van der Waals surface area contributed by atoms with E-state index in [1.165, 1.54) is 0 Å². The molecule has 1 rings (SSSR count). The van der Waals surface area contributed by atoms with Crippen molar-refractivity contribution in [2.45, 2.75) is 26.2 Å². The van der Waals surface area contributed by atoms with E-state index >= 15 is 0 Å². The number of unbranched alkanes of at least 4 members (excludes halogenated alkanes) is 1. The average Bonchev–Trinajstić information content (AvgIpc) is 2.40. The van der Waals surface area contributed by atoms with E-state index in [1.54, 1.807) is 13.3 Å². The van der Waals surface area contributed by atoms with Gasteiger partial charge in [-0.25, -0.2) is 0 Å². The second-order valence-electron chi connectivity index (χ2n) is 4.13. The highest BCUT2D eigenvalue weighted by Crippen LogP contribution is 2.19. The van der Waals surface area contributed by atoms with Gasteiger partial charge in [0.05, 0.1) is 12.1 Å². The number of hydrogen-bond donors (Lipinski definition) is 1. The fraction of sp³-hybridized carbons (Fsp3) is 0.333. The van der Waals surface area contributed by atoms with Crippen LogP contribution in [0.25, 0.3) is 11.6 Å². The van der Waals surface area contributed by atoms with Gasteiger partial charge in [0.2, 0.25) is 0 Å². The third kappa shape index (κ3) is 3.54. The first kappa shape index (κ1) is 14.7. The average molecular weight is 266 g/mol. The van der Waals surface area contributed by atoms with Crippen LogP contribution in [0.15, 0.2) is 30.0 Å². The monoisotopic (exact) mass is 265 g/mol. The summed E-state index contributed by atoms with van der Waals surface area (Å²) in [5.41, 5.74) is 6.61. The maximum Gasteiger partial charge on any atom is 0.119 e. The van der Waals surface area contributed by atoms with Crippen molar-refractivity contribution in [3.05, 3.63) is 40.4 Å². The van der Waals surface area contributed by atoms with Gasteiger partial charge < -0.3 is 10.5 Å². The van der Waals surface area contributed by atoms with Gasteiger partial charge in [0.25, 0.3) is 0 Å². The normalized spacial score (nSPS) is 13.4. The summed E-state index contributed by atoms with van der Waals surface area (Å²) in [5.74, 6) is 0.766. The SMILES string of the molecule is C=c1ccc(OC)c/c1=C(Cl)/C(=C\N)CCCC. The highest BCUT2D eigenvalue weighted by molar-refractivity contribution is 6.48. The first-order chi connectivity index (χ1) is 8.63. The Balaban J connectivity index is 3.29. The van der Waals surface area contributed by atoms with Crippen LogP contribution < -0.4 is 20.9 Å². The molecule has 2 N–H and O–H groups in total. The van der Waals surface area contributed by atoms with E-state index in [1.807, 2.05) is 18.2 Å². The summed E-state index contributed by atoms with van der Waals surface area (Å²) < 4.78 is 5.20. The quantitative estimate of drug-likeness (QED) is 0.888. The number of methoxy groups -OCH3 is 1. The van der Waals surface area contributed by atoms with Crippen molar-refractivity contribution in [3.63, 3.8) is 0 Å². The predicted octanol–water partition coefficient (Wildman–Crippen LogP) is 2.49. The molecular formula is C15H20ClNO. The number of halogens is 1. The summed E-state index contributed by atoms with van der Waals surface area (Å²) in [5, 5.41) is 2.41. The van der Waals surface area contributed by atoms with Gasteiger partial charge in [-0.15, -0.1) is 0 Å². The van der Waals surface area contributed by atoms with Crippen LogP contribution in [0, 0.1) is 0 Å². The number of allylic oxidation sites excluding steroid dienone is 1. The molecule has 0 aromatic heterocycles. The highest BCUT2D eigenvalue weighted by Gasteiger charge is 2.04. The van der Waals surface area contributed by atoms with Crippen LogP contribution in [0.4, 0.5) is 0 Å². The Morgan fingerprint density at radius 1 is 1.50 bits per heavy atom. The third-order valence-corrected chi connectivity index (χ3v) is 3.28. The van der Waals surface area contributed by atoms with E-state index in [9.17, 15) is 0 Å². The van der Waals surface area contributed by atoms with Crippen LogP contribution in [0.3, 0.4) is 0 Å². The summed E-state index contributed by atoms with van der Waals surface area (Å²) >= 11 is 6.42. The molecule has 0 bridgehead atoms. The zero-order chi connectivity index (χ0) is 13.5. The molecule has 0 heterocycles. The number of benzene rings is 1. The van der Waals surface area contributed by atoms with Crippen LogP contribution in [-0.4, -0.2) is 7.11 Å². The fourth-order valence-corrected chi connectivity index (χ4v) is 2.03. The zero-order valence-electron chi connectivity index (χ0n) is 11.0. The summed E-state index contributed by atoms with van der Waals surface area (Å²) in [4.78, 5) is 0. The van der Waals surface area contributed by atoms with E-state index in [-0.39, 0.29) is 0 Å². The minimum absolute atomic E-state index is 0.662. The molecule has 98 valence electrons. The topological polar surface area (TPSA) is 35.2 Å². The second-order valence-corrected chi connectivity index (χ2v) is 4.51. The molecule has 2 nitrogen and oxygen atoms in total. The van der Waals surface area contributed by atoms with Crippen molar-refractivity contribution in [1.82, 2.24) is 0 Å². The molecule has 0 aliphatic carbocycles. The van der Waals surface area contributed by atoms with Crippen molar-refractivity contribution >= 4 is 23.2 Å². The first-order valence-corrected chi connectivity index (χ1v) is 6.45. The van der Waals surface area contributed by atoms with Crippen LogP contribution >= 0.6 is 11.6 Å². The minimum atomic E-state index is 0.662. The predicted molar refractivity (Wildman–Crippen MR) is 78.8 cm³/mol. The lowest BCUT2D eigenvalue weighted by atomic mass is 10.1. The Hall–Kier alpha value is -1.41. The van der Waals surface area contributed by atoms with Gasteiger partial charge in [-0.2, -0.15) is 0 Å². The fourth-order valence-electron chi connectivity index (χ4n) is 1.69. The molecule has 1 aromatic carbocycles. The van der Waals surface area contributed by atoms with E-state index in [2.05, 4.69) is 13.5 Å². The van der Waals surface area contributed by atoms with E-state index in [0.29, 0.717) is 5.03 Å². The third-order valence-electron chi connectivity index (χ3n) is 2.84. The molecule has 0 aliphatic rings. The lowest BCUT2D eigenvalue weighted by molar-refractivity contribution is 0.414. The smallest absolute Gasteiger partial charge is 0.119 e. The largest absolute Gasteiger partial charge is 0.497 e. The maximum absolute atomic E-state index is 6.42. The molecule has 0 radical (unpaired) electrons. The number of ether oxygens (including phenoxy) is 1. The van der Waals surface area contributed by atoms with E-state index in [4.69, 9.17) is 22.1 Å². The molecule has 0 saturated carbocycles. The maximum atomic E-state index is 6.42. The molecule has 0 spiro atoms. The van der Waals surface area contributed by atoms with Crippen molar-refractivity contribution in [3.8, 4) is 5.75 Å². The van der Waals surface area contributed by atoms with Gasteiger partial charge in [-0.05, 0) is 42.0 Å². The Morgan fingerprint density at radius 3 is 2.78 bits per heavy atom. The molecule has 0 fully saturated rings. The molecule has 18 heavy (non-hydrogen) atoms. The van der Waals surface area contributed by atoms with Gasteiger partial charge in [0, 0.05) is 5.22 Å². The van der Waals surface area contributed by atoms with Crippen LogP contribution in [0.5, 0.6) is 5.75 Å². The molecular weight excluding hydrogens is 246 g/mol. The zero-order valence-corrected chi connectivity index (χ0v) is 11.8. The van der Waals surface area contributed by atoms with Crippen molar-refractivity contribution < 1.29 is 4.74 Å². The number of rotatable bonds is 5. The van der Waals surface area contributed by atoms with Crippen molar-refractivity contribution in [1.29, 1.82) is 0 Å². The van der Waals surface area contributed by atoms with Crippen molar-refractivity contribution in [2.75, 3.05) is 7.11 Å². The van der Waals surface area contributed by atoms with Crippen LogP contribution in [0.1, 0.15) is 26.2 Å². The van der Waals surface area contributed by atoms with Crippen LogP contribution in [0.2, 0.25) is 0 Å². The van der Waals surface area contributed by atoms with Gasteiger partial charge in [0.15, 0.2) is 0 Å². The molecule has 1 aromatic rings. The Labute approximate surface area is 113 Å². The minimum Gasteiger partial charge on any atom is -0.497 e. The van der Waals surface area contributed by atoms with Crippen molar-refractivity contribution in [2.24, 2.45) is 5.73 Å². The molecule has 0 atom stereocenters. The van der Waals surface area contributed by atoms with E-state index in [0.717, 1.165) is 41.0 Å². The van der Waals surface area contributed by atoms with Gasteiger partial charge in [0.1, 0.15) is 5.75 Å². The van der Waals surface area contributed by atoms with Gasteiger partial charge in [-0.3, -0.25) is 0 Å². The molecule has 0 amide bonds. The summed E-state index contributed by atoms with van der Waals surface area (Å²) in [6, 6.07) is 5.65. The lowest BCUT2D eigenvalue weighted by Crippen LogP contribution is -2.25. The summed E-state index contributed by atoms with van der Waals surface area (Å²) in [7, 11) is 1.63. The molecule has 0 aliphatic heterocycles. The Kier molecular flexibility index (Phi) is 5.79. The van der Waals surface area contributed by atoms with Crippen LogP contribution in [-0.2, 0) is 0 Å². The lowest BCUT2D eigenvalue weighted by Gasteiger charge is -2.06. The first-order valence-electron chi connectivity index (χ1n) is 6.08. The van der Waals surface area contributed by atoms with Gasteiger partial charge >= 0.3 is 0 Å². The Bertz CT molecular complexity index is 534. The second kappa shape index (κ2) is 7.12. The Morgan fingerprint density at radius 2 is 2.22 bits per heavy atom.